The fourth-order valence-corrected chi connectivity index (χ4v) is 1.11. The van der Waals surface area contributed by atoms with Gasteiger partial charge in [0.15, 0.2) is 0 Å². The number of benzene rings is 1. The lowest BCUT2D eigenvalue weighted by Gasteiger charge is -1.97. The summed E-state index contributed by atoms with van der Waals surface area (Å²) in [6.07, 6.45) is 0. The molecule has 0 bridgehead atoms. The Balaban J connectivity index is 2.66. The van der Waals surface area contributed by atoms with Gasteiger partial charge < -0.3 is 0 Å². The molecule has 0 saturated carbocycles. The van der Waals surface area contributed by atoms with Crippen molar-refractivity contribution in [2.45, 2.75) is 10.7 Å². The van der Waals surface area contributed by atoms with Crippen molar-refractivity contribution in [2.24, 2.45) is 0 Å². The van der Waals surface area contributed by atoms with Gasteiger partial charge in [-0.1, -0.05) is 11.8 Å². The zero-order chi connectivity index (χ0) is 8.27. The Kier molecular flexibility index (Phi) is 2.82. The van der Waals surface area contributed by atoms with E-state index in [4.69, 9.17) is 0 Å². The molecular formula is C7H5F3S. The highest BCUT2D eigenvalue weighted by atomic mass is 32.2. The van der Waals surface area contributed by atoms with E-state index in [0.717, 1.165) is 12.1 Å². The standard InChI is InChI=1S/C7H5F3S/c8-5-1-3-6(4-2-5)11-7(9)10/h1-4,7H. The van der Waals surface area contributed by atoms with Crippen LogP contribution in [0.15, 0.2) is 29.2 Å². The Morgan fingerprint density at radius 2 is 1.64 bits per heavy atom. The van der Waals surface area contributed by atoms with Gasteiger partial charge in [-0.25, -0.2) is 4.39 Å². The van der Waals surface area contributed by atoms with E-state index in [1.54, 1.807) is 0 Å². The lowest BCUT2D eigenvalue weighted by Crippen LogP contribution is -1.81. The maximum absolute atomic E-state index is 12.2. The number of hydrogen-bond acceptors (Lipinski definition) is 1. The molecular weight excluding hydrogens is 173 g/mol. The molecule has 0 aromatic heterocycles. The Hall–Kier alpha value is -0.640. The molecule has 1 rings (SSSR count). The van der Waals surface area contributed by atoms with Crippen LogP contribution in [0.4, 0.5) is 13.2 Å². The topological polar surface area (TPSA) is 0 Å². The van der Waals surface area contributed by atoms with Gasteiger partial charge >= 0.3 is 0 Å². The average molecular weight is 178 g/mol. The van der Waals surface area contributed by atoms with Gasteiger partial charge in [0.1, 0.15) is 5.82 Å². The van der Waals surface area contributed by atoms with Crippen LogP contribution >= 0.6 is 11.8 Å². The third-order valence-electron chi connectivity index (χ3n) is 1.04. The SMILES string of the molecule is Fc1ccc(SC(F)F)cc1. The molecule has 0 aliphatic rings. The zero-order valence-electron chi connectivity index (χ0n) is 5.43. The summed E-state index contributed by atoms with van der Waals surface area (Å²) in [4.78, 5) is 0.376. The molecule has 0 fully saturated rings. The van der Waals surface area contributed by atoms with Gasteiger partial charge in [0.25, 0.3) is 5.76 Å². The van der Waals surface area contributed by atoms with Crippen LogP contribution in [0.5, 0.6) is 0 Å². The molecule has 0 nitrogen and oxygen atoms in total. The Bertz CT molecular complexity index is 220. The van der Waals surface area contributed by atoms with Gasteiger partial charge in [0.2, 0.25) is 0 Å². The van der Waals surface area contributed by atoms with Crippen molar-refractivity contribution < 1.29 is 13.2 Å². The summed E-state index contributed by atoms with van der Waals surface area (Å²) in [6, 6.07) is 4.97. The second-order valence-corrected chi connectivity index (χ2v) is 2.90. The number of rotatable bonds is 2. The number of halogens is 3. The highest BCUT2D eigenvalue weighted by Gasteiger charge is 2.03. The monoisotopic (exact) mass is 178 g/mol. The molecule has 0 radical (unpaired) electrons. The van der Waals surface area contributed by atoms with Crippen LogP contribution in [0.3, 0.4) is 0 Å². The quantitative estimate of drug-likeness (QED) is 0.627. The number of thioether (sulfide) groups is 1. The first-order valence-corrected chi connectivity index (χ1v) is 3.77. The maximum atomic E-state index is 12.2. The maximum Gasteiger partial charge on any atom is 0.288 e. The summed E-state index contributed by atoms with van der Waals surface area (Å²) in [5, 5.41) is 0. The van der Waals surface area contributed by atoms with Gasteiger partial charge in [-0.2, -0.15) is 8.78 Å². The van der Waals surface area contributed by atoms with Crippen LogP contribution < -0.4 is 0 Å². The minimum atomic E-state index is -2.44. The molecule has 0 aliphatic carbocycles. The van der Waals surface area contributed by atoms with Crippen LogP contribution in [0, 0.1) is 5.82 Å². The lowest BCUT2D eigenvalue weighted by atomic mass is 10.4. The molecule has 0 atom stereocenters. The second kappa shape index (κ2) is 3.67. The molecule has 1 aromatic rings. The molecule has 0 unspecified atom stereocenters. The third-order valence-corrected chi connectivity index (χ3v) is 1.76. The van der Waals surface area contributed by atoms with E-state index in [-0.39, 0.29) is 0 Å². The average Bonchev–Trinajstić information content (AvgIpc) is 1.93. The van der Waals surface area contributed by atoms with Crippen LogP contribution in [0.1, 0.15) is 0 Å². The summed E-state index contributed by atoms with van der Waals surface area (Å²) in [7, 11) is 0. The number of alkyl halides is 2. The minimum Gasteiger partial charge on any atom is -0.207 e. The molecule has 0 heterocycles. The van der Waals surface area contributed by atoms with Gasteiger partial charge in [-0.15, -0.1) is 0 Å². The summed E-state index contributed by atoms with van der Waals surface area (Å²) >= 11 is 0.407. The zero-order valence-corrected chi connectivity index (χ0v) is 6.25. The van der Waals surface area contributed by atoms with E-state index >= 15 is 0 Å². The van der Waals surface area contributed by atoms with Crippen molar-refractivity contribution in [2.75, 3.05) is 0 Å². The largest absolute Gasteiger partial charge is 0.288 e. The van der Waals surface area contributed by atoms with Gasteiger partial charge in [0, 0.05) is 4.90 Å². The van der Waals surface area contributed by atoms with Crippen molar-refractivity contribution in [3.05, 3.63) is 30.1 Å². The second-order valence-electron chi connectivity index (χ2n) is 1.83. The van der Waals surface area contributed by atoms with E-state index in [0.29, 0.717) is 16.7 Å². The first kappa shape index (κ1) is 8.46. The van der Waals surface area contributed by atoms with Crippen molar-refractivity contribution in [3.8, 4) is 0 Å². The van der Waals surface area contributed by atoms with Crippen molar-refractivity contribution in [3.63, 3.8) is 0 Å². The highest BCUT2D eigenvalue weighted by molar-refractivity contribution is 7.99. The van der Waals surface area contributed by atoms with Crippen molar-refractivity contribution in [1.82, 2.24) is 0 Å². The normalized spacial score (nSPS) is 10.5. The highest BCUT2D eigenvalue weighted by Crippen LogP contribution is 2.24. The fourth-order valence-electron chi connectivity index (χ4n) is 0.616. The van der Waals surface area contributed by atoms with Crippen LogP contribution in [-0.2, 0) is 0 Å². The predicted molar refractivity (Wildman–Crippen MR) is 38.3 cm³/mol. The van der Waals surface area contributed by atoms with E-state index < -0.39 is 11.6 Å². The summed E-state index contributed by atoms with van der Waals surface area (Å²) in [5.74, 6) is -2.86. The van der Waals surface area contributed by atoms with Gasteiger partial charge in [0.05, 0.1) is 0 Å². The molecule has 4 heteroatoms. The van der Waals surface area contributed by atoms with Crippen molar-refractivity contribution >= 4 is 11.8 Å². The molecule has 60 valence electrons. The molecule has 0 aliphatic heterocycles. The van der Waals surface area contributed by atoms with Crippen LogP contribution in [-0.4, -0.2) is 5.76 Å². The molecule has 0 saturated heterocycles. The summed E-state index contributed by atoms with van der Waals surface area (Å²) in [5.41, 5.74) is 0. The van der Waals surface area contributed by atoms with E-state index in [9.17, 15) is 13.2 Å². The molecule has 0 amide bonds. The van der Waals surface area contributed by atoms with Crippen molar-refractivity contribution in [1.29, 1.82) is 0 Å². The van der Waals surface area contributed by atoms with Crippen LogP contribution in [0.25, 0.3) is 0 Å². The fraction of sp³-hybridized carbons (Fsp3) is 0.143. The third kappa shape index (κ3) is 2.84. The Morgan fingerprint density at radius 1 is 1.09 bits per heavy atom. The van der Waals surface area contributed by atoms with E-state index in [1.165, 1.54) is 12.1 Å². The Labute approximate surface area is 66.4 Å². The smallest absolute Gasteiger partial charge is 0.207 e. The lowest BCUT2D eigenvalue weighted by molar-refractivity contribution is 0.252. The first-order chi connectivity index (χ1) is 5.18. The number of hydrogen-bond donors (Lipinski definition) is 0. The molecule has 1 aromatic carbocycles. The molecule has 0 N–H and O–H groups in total. The van der Waals surface area contributed by atoms with Gasteiger partial charge in [-0.05, 0) is 24.3 Å². The minimum absolute atomic E-state index is 0.376. The first-order valence-electron chi connectivity index (χ1n) is 2.89. The Morgan fingerprint density at radius 3 is 2.09 bits per heavy atom. The molecule has 11 heavy (non-hydrogen) atoms. The van der Waals surface area contributed by atoms with E-state index in [2.05, 4.69) is 0 Å². The van der Waals surface area contributed by atoms with Crippen LogP contribution in [0.2, 0.25) is 0 Å². The summed E-state index contributed by atoms with van der Waals surface area (Å²) in [6.45, 7) is 0. The summed E-state index contributed by atoms with van der Waals surface area (Å²) < 4.78 is 35.6. The molecule has 0 spiro atoms. The van der Waals surface area contributed by atoms with Gasteiger partial charge in [-0.3, -0.25) is 0 Å². The van der Waals surface area contributed by atoms with E-state index in [1.807, 2.05) is 0 Å². The predicted octanol–water partition coefficient (Wildman–Crippen LogP) is 3.14.